The average Bonchev–Trinajstić information content (AvgIpc) is 2.89. The van der Waals surface area contributed by atoms with E-state index in [2.05, 4.69) is 0 Å². The van der Waals surface area contributed by atoms with Gasteiger partial charge in [-0.15, -0.1) is 0 Å². The maximum atomic E-state index is 14.5. The molecule has 3 aromatic carbocycles. The molecule has 1 saturated heterocycles. The van der Waals surface area contributed by atoms with Crippen molar-refractivity contribution < 1.29 is 26.7 Å². The van der Waals surface area contributed by atoms with E-state index in [4.69, 9.17) is 16.3 Å². The molecule has 1 amide bonds. The van der Waals surface area contributed by atoms with Gasteiger partial charge in [-0.25, -0.2) is 17.2 Å². The first-order valence-corrected chi connectivity index (χ1v) is 14.0. The largest absolute Gasteiger partial charge is 0.493 e. The van der Waals surface area contributed by atoms with E-state index in [0.717, 1.165) is 17.7 Å². The number of piperidine rings is 1. The van der Waals surface area contributed by atoms with Gasteiger partial charge in [-0.05, 0) is 54.8 Å². The fourth-order valence-electron chi connectivity index (χ4n) is 4.67. The molecular formula is C28H29ClF2N2O4S. The summed E-state index contributed by atoms with van der Waals surface area (Å²) in [5, 5.41) is 0.543. The molecular weight excluding hydrogens is 534 g/mol. The molecule has 0 saturated carbocycles. The van der Waals surface area contributed by atoms with Crippen LogP contribution in [0.1, 0.15) is 24.8 Å². The van der Waals surface area contributed by atoms with E-state index in [0.29, 0.717) is 36.2 Å². The summed E-state index contributed by atoms with van der Waals surface area (Å²) < 4.78 is 61.9. The predicted molar refractivity (Wildman–Crippen MR) is 141 cm³/mol. The molecule has 202 valence electrons. The van der Waals surface area contributed by atoms with Crippen LogP contribution in [0.4, 0.5) is 8.78 Å². The van der Waals surface area contributed by atoms with Crippen LogP contribution in [0.3, 0.4) is 0 Å². The number of sulfonamides is 1. The minimum atomic E-state index is -4.28. The molecule has 1 aliphatic heterocycles. The van der Waals surface area contributed by atoms with Crippen molar-refractivity contribution >= 4 is 27.5 Å². The number of nitrogens with zero attached hydrogens (tertiary/aromatic N) is 2. The Morgan fingerprint density at radius 3 is 2.47 bits per heavy atom. The van der Waals surface area contributed by atoms with Gasteiger partial charge in [-0.1, -0.05) is 41.9 Å². The van der Waals surface area contributed by atoms with Gasteiger partial charge in [-0.3, -0.25) is 4.79 Å². The summed E-state index contributed by atoms with van der Waals surface area (Å²) in [7, 11) is -2.58. The third kappa shape index (κ3) is 6.70. The van der Waals surface area contributed by atoms with Crippen molar-refractivity contribution in [3.63, 3.8) is 0 Å². The van der Waals surface area contributed by atoms with Gasteiger partial charge in [0.1, 0.15) is 22.3 Å². The van der Waals surface area contributed by atoms with Gasteiger partial charge in [0.15, 0.2) is 0 Å². The monoisotopic (exact) mass is 562 g/mol. The Bertz CT molecular complexity index is 1370. The lowest BCUT2D eigenvalue weighted by molar-refractivity contribution is -0.134. The fraction of sp³-hybridized carbons (Fsp3) is 0.321. The van der Waals surface area contributed by atoms with Crippen molar-refractivity contribution in [1.82, 2.24) is 9.21 Å². The molecule has 4 rings (SSSR count). The van der Waals surface area contributed by atoms with E-state index < -0.39 is 32.0 Å². The van der Waals surface area contributed by atoms with Crippen LogP contribution in [0.2, 0.25) is 5.02 Å². The molecule has 6 nitrogen and oxygen atoms in total. The maximum Gasteiger partial charge on any atom is 0.246 e. The van der Waals surface area contributed by atoms with Crippen LogP contribution in [-0.4, -0.2) is 50.3 Å². The molecule has 0 bridgehead atoms. The molecule has 10 heteroatoms. The van der Waals surface area contributed by atoms with Crippen LogP contribution in [0, 0.1) is 17.0 Å². The maximum absolute atomic E-state index is 14.5. The second-order valence-corrected chi connectivity index (χ2v) is 12.0. The van der Waals surface area contributed by atoms with Gasteiger partial charge in [-0.2, -0.15) is 4.31 Å². The number of halogens is 3. The Balaban J connectivity index is 1.59. The summed E-state index contributed by atoms with van der Waals surface area (Å²) in [5.74, 6) is -1.65. The van der Waals surface area contributed by atoms with Gasteiger partial charge in [0.05, 0.1) is 6.61 Å². The van der Waals surface area contributed by atoms with Gasteiger partial charge in [0.2, 0.25) is 15.9 Å². The van der Waals surface area contributed by atoms with E-state index in [1.54, 1.807) is 36.2 Å². The van der Waals surface area contributed by atoms with Crippen molar-refractivity contribution in [2.45, 2.75) is 30.7 Å². The van der Waals surface area contributed by atoms with Crippen LogP contribution >= 0.6 is 11.6 Å². The van der Waals surface area contributed by atoms with Gasteiger partial charge < -0.3 is 9.64 Å². The molecule has 0 aliphatic carbocycles. The van der Waals surface area contributed by atoms with Crippen LogP contribution in [0.25, 0.3) is 0 Å². The highest BCUT2D eigenvalue weighted by atomic mass is 35.5. The minimum absolute atomic E-state index is 0.0296. The SMILES string of the molecule is CN(Cc1ccccc1)C(=O)C[C@]1(COc2ccc(Cl)cc2)CCCN(S(=O)(=O)c2ccc(F)cc2F)C1. The van der Waals surface area contributed by atoms with Gasteiger partial charge >= 0.3 is 0 Å². The van der Waals surface area contributed by atoms with Crippen molar-refractivity contribution in [2.75, 3.05) is 26.7 Å². The van der Waals surface area contributed by atoms with Gasteiger partial charge in [0.25, 0.3) is 0 Å². The second-order valence-electron chi connectivity index (χ2n) is 9.67. The lowest BCUT2D eigenvalue weighted by Crippen LogP contribution is -2.50. The molecule has 0 radical (unpaired) electrons. The zero-order chi connectivity index (χ0) is 27.3. The first-order valence-electron chi connectivity index (χ1n) is 12.2. The zero-order valence-electron chi connectivity index (χ0n) is 20.9. The number of benzene rings is 3. The molecule has 0 N–H and O–H groups in total. The standard InChI is InChI=1S/C28H29ClF2N2O4S/c1-32(18-21-6-3-2-4-7-21)27(34)17-28(20-37-24-11-8-22(29)9-12-24)14-5-15-33(19-28)38(35,36)26-13-10-23(30)16-25(26)31/h2-4,6-13,16H,5,14-15,17-20H2,1H3/t28-/m1/s1. The molecule has 0 aromatic heterocycles. The third-order valence-electron chi connectivity index (χ3n) is 6.71. The van der Waals surface area contributed by atoms with Crippen LogP contribution < -0.4 is 4.74 Å². The lowest BCUT2D eigenvalue weighted by Gasteiger charge is -2.42. The van der Waals surface area contributed by atoms with Gasteiger partial charge in [0, 0.05) is 49.6 Å². The number of hydrogen-bond donors (Lipinski definition) is 0. The van der Waals surface area contributed by atoms with Crippen molar-refractivity contribution in [1.29, 1.82) is 0 Å². The lowest BCUT2D eigenvalue weighted by atomic mass is 9.78. The Labute approximate surface area is 226 Å². The summed E-state index contributed by atoms with van der Waals surface area (Å²) in [6, 6.07) is 18.7. The molecule has 1 aliphatic rings. The Morgan fingerprint density at radius 1 is 1.08 bits per heavy atom. The Morgan fingerprint density at radius 2 is 1.79 bits per heavy atom. The number of amides is 1. The van der Waals surface area contributed by atoms with Crippen LogP contribution in [0.15, 0.2) is 77.7 Å². The Hall–Kier alpha value is -3.01. The summed E-state index contributed by atoms with van der Waals surface area (Å²) in [6.45, 7) is 0.564. The van der Waals surface area contributed by atoms with E-state index in [1.807, 2.05) is 30.3 Å². The number of ether oxygens (including phenoxy) is 1. The molecule has 3 aromatic rings. The van der Waals surface area contributed by atoms with Crippen LogP contribution in [-0.2, 0) is 21.4 Å². The molecule has 0 unspecified atom stereocenters. The molecule has 1 heterocycles. The number of carbonyl (C=O) groups is 1. The average molecular weight is 563 g/mol. The fourth-order valence-corrected chi connectivity index (χ4v) is 6.44. The molecule has 0 spiro atoms. The van der Waals surface area contributed by atoms with E-state index in [-0.39, 0.29) is 32.0 Å². The van der Waals surface area contributed by atoms with Crippen LogP contribution in [0.5, 0.6) is 5.75 Å². The summed E-state index contributed by atoms with van der Waals surface area (Å²) in [5.41, 5.74) is 0.0955. The van der Waals surface area contributed by atoms with Crippen molar-refractivity contribution in [3.8, 4) is 5.75 Å². The summed E-state index contributed by atoms with van der Waals surface area (Å²) in [4.78, 5) is 14.4. The second kappa shape index (κ2) is 11.8. The first kappa shape index (κ1) is 28.0. The smallest absolute Gasteiger partial charge is 0.246 e. The summed E-state index contributed by atoms with van der Waals surface area (Å²) >= 11 is 5.97. The van der Waals surface area contributed by atoms with E-state index in [9.17, 15) is 22.0 Å². The normalized spacial score (nSPS) is 18.2. The predicted octanol–water partition coefficient (Wildman–Crippen LogP) is 5.52. The quantitative estimate of drug-likeness (QED) is 0.345. The molecule has 1 fully saturated rings. The number of carbonyl (C=O) groups excluding carboxylic acids is 1. The van der Waals surface area contributed by atoms with E-state index >= 15 is 0 Å². The molecule has 1 atom stereocenters. The highest BCUT2D eigenvalue weighted by Crippen LogP contribution is 2.38. The number of rotatable bonds is 9. The number of hydrogen-bond acceptors (Lipinski definition) is 4. The topological polar surface area (TPSA) is 66.9 Å². The van der Waals surface area contributed by atoms with Crippen molar-refractivity contribution in [2.24, 2.45) is 5.41 Å². The highest BCUT2D eigenvalue weighted by Gasteiger charge is 2.43. The van der Waals surface area contributed by atoms with E-state index in [1.165, 1.54) is 4.31 Å². The minimum Gasteiger partial charge on any atom is -0.493 e. The zero-order valence-corrected chi connectivity index (χ0v) is 22.5. The van der Waals surface area contributed by atoms with Crippen molar-refractivity contribution in [3.05, 3.63) is 95.0 Å². The molecule has 38 heavy (non-hydrogen) atoms. The summed E-state index contributed by atoms with van der Waals surface area (Å²) in [6.07, 6.45) is 1.01. The first-order chi connectivity index (χ1) is 18.1. The Kier molecular flexibility index (Phi) is 8.70. The third-order valence-corrected chi connectivity index (χ3v) is 8.84. The highest BCUT2D eigenvalue weighted by molar-refractivity contribution is 7.89.